The van der Waals surface area contributed by atoms with Crippen LogP contribution in [-0.4, -0.2) is 23.6 Å². The third kappa shape index (κ3) is 5.72. The molecule has 0 aromatic heterocycles. The number of rotatable bonds is 4. The lowest BCUT2D eigenvalue weighted by Crippen LogP contribution is -2.49. The van der Waals surface area contributed by atoms with E-state index in [1.165, 1.54) is 0 Å². The average Bonchev–Trinajstić information content (AvgIpc) is 2.62. The minimum Gasteiger partial charge on any atom is -0.460 e. The lowest BCUT2D eigenvalue weighted by molar-refractivity contribution is -0.168. The van der Waals surface area contributed by atoms with Crippen LogP contribution >= 0.6 is 23.2 Å². The fourth-order valence-electron chi connectivity index (χ4n) is 3.20. The number of ether oxygens (including phenoxy) is 2. The van der Waals surface area contributed by atoms with E-state index in [9.17, 15) is 9.59 Å². The highest BCUT2D eigenvalue weighted by atomic mass is 35.5. The van der Waals surface area contributed by atoms with E-state index in [1.807, 2.05) is 24.3 Å². The molecule has 1 fully saturated rings. The molecule has 1 heterocycles. The van der Waals surface area contributed by atoms with Gasteiger partial charge in [0, 0.05) is 10.0 Å². The molecule has 2 aromatic rings. The van der Waals surface area contributed by atoms with Crippen molar-refractivity contribution in [2.24, 2.45) is 0 Å². The van der Waals surface area contributed by atoms with Crippen molar-refractivity contribution >= 4 is 35.1 Å². The minimum absolute atomic E-state index is 0.173. The van der Waals surface area contributed by atoms with Crippen molar-refractivity contribution < 1.29 is 19.1 Å². The average molecular weight is 436 g/mol. The smallest absolute Gasteiger partial charge is 0.309 e. The molecule has 0 bridgehead atoms. The maximum absolute atomic E-state index is 12.7. The molecule has 0 aliphatic carbocycles. The largest absolute Gasteiger partial charge is 0.460 e. The van der Waals surface area contributed by atoms with Crippen molar-refractivity contribution in [3.8, 4) is 0 Å². The number of halogens is 2. The van der Waals surface area contributed by atoms with E-state index in [0.29, 0.717) is 10.0 Å². The number of nitrogens with one attached hydrogen (secondary N) is 1. The molecule has 5 nitrogen and oxygen atoms in total. The summed E-state index contributed by atoms with van der Waals surface area (Å²) in [4.78, 5) is 24.9. The molecule has 1 saturated heterocycles. The van der Waals surface area contributed by atoms with Crippen LogP contribution < -0.4 is 5.32 Å². The first kappa shape index (κ1) is 21.6. The summed E-state index contributed by atoms with van der Waals surface area (Å²) >= 11 is 12.2. The van der Waals surface area contributed by atoms with Crippen LogP contribution in [0, 0.1) is 0 Å². The molecule has 0 radical (unpaired) electrons. The Morgan fingerprint density at radius 2 is 1.76 bits per heavy atom. The Labute approximate surface area is 180 Å². The molecule has 3 atom stereocenters. The summed E-state index contributed by atoms with van der Waals surface area (Å²) in [6, 6.07) is 14.0. The molecule has 154 valence electrons. The van der Waals surface area contributed by atoms with Gasteiger partial charge in [-0.1, -0.05) is 47.5 Å². The normalized spacial score (nSPS) is 22.1. The quantitative estimate of drug-likeness (QED) is 0.684. The molecule has 1 aliphatic heterocycles. The predicted molar refractivity (Wildman–Crippen MR) is 112 cm³/mol. The van der Waals surface area contributed by atoms with Gasteiger partial charge in [0.25, 0.3) is 0 Å². The maximum Gasteiger partial charge on any atom is 0.309 e. The molecule has 2 aromatic carbocycles. The Balaban J connectivity index is 1.88. The number of carbonyl (C=O) groups is 2. The van der Waals surface area contributed by atoms with Crippen LogP contribution in [0.4, 0.5) is 0 Å². The van der Waals surface area contributed by atoms with Crippen molar-refractivity contribution in [3.05, 3.63) is 69.7 Å². The number of morpholine rings is 1. The van der Waals surface area contributed by atoms with Crippen molar-refractivity contribution in [1.82, 2.24) is 5.32 Å². The predicted octanol–water partition coefficient (Wildman–Crippen LogP) is 5.02. The van der Waals surface area contributed by atoms with Crippen LogP contribution in [0.5, 0.6) is 0 Å². The van der Waals surface area contributed by atoms with Crippen molar-refractivity contribution in [1.29, 1.82) is 0 Å². The molecule has 1 N–H and O–H groups in total. The summed E-state index contributed by atoms with van der Waals surface area (Å²) in [5.74, 6) is -0.860. The summed E-state index contributed by atoms with van der Waals surface area (Å²) in [6.45, 7) is 5.33. The zero-order valence-electron chi connectivity index (χ0n) is 16.4. The molecule has 1 aliphatic rings. The van der Waals surface area contributed by atoms with Gasteiger partial charge < -0.3 is 14.8 Å². The van der Waals surface area contributed by atoms with Gasteiger partial charge >= 0.3 is 5.97 Å². The molecule has 0 unspecified atom stereocenters. The second kappa shape index (κ2) is 8.74. The van der Waals surface area contributed by atoms with Gasteiger partial charge in [-0.25, -0.2) is 0 Å². The first-order valence-electron chi connectivity index (χ1n) is 9.31. The Bertz CT molecular complexity index is 892. The highest BCUT2D eigenvalue weighted by molar-refractivity contribution is 6.30. The summed E-state index contributed by atoms with van der Waals surface area (Å²) < 4.78 is 11.5. The van der Waals surface area contributed by atoms with E-state index < -0.39 is 29.8 Å². The lowest BCUT2D eigenvalue weighted by Gasteiger charge is -2.37. The van der Waals surface area contributed by atoms with E-state index in [2.05, 4.69) is 5.32 Å². The van der Waals surface area contributed by atoms with Crippen LogP contribution in [0.2, 0.25) is 10.0 Å². The van der Waals surface area contributed by atoms with E-state index in [4.69, 9.17) is 32.7 Å². The summed E-state index contributed by atoms with van der Waals surface area (Å²) in [5.41, 5.74) is 0.996. The summed E-state index contributed by atoms with van der Waals surface area (Å²) in [6.07, 6.45) is -1.66. The highest BCUT2D eigenvalue weighted by Crippen LogP contribution is 2.38. The number of amides is 1. The molecular formula is C22H23Cl2NO4. The zero-order valence-corrected chi connectivity index (χ0v) is 18.0. The number of esters is 1. The van der Waals surface area contributed by atoms with Crippen LogP contribution in [-0.2, 0) is 19.1 Å². The van der Waals surface area contributed by atoms with Gasteiger partial charge in [0.05, 0.1) is 12.5 Å². The second-order valence-electron chi connectivity index (χ2n) is 7.93. The van der Waals surface area contributed by atoms with Crippen LogP contribution in [0.3, 0.4) is 0 Å². The Morgan fingerprint density at radius 1 is 1.07 bits per heavy atom. The van der Waals surface area contributed by atoms with E-state index in [1.54, 1.807) is 45.0 Å². The molecule has 0 saturated carbocycles. The third-order valence-electron chi connectivity index (χ3n) is 4.38. The molecule has 3 rings (SSSR count). The maximum atomic E-state index is 12.7. The summed E-state index contributed by atoms with van der Waals surface area (Å²) in [7, 11) is 0. The zero-order chi connectivity index (χ0) is 21.2. The molecule has 7 heteroatoms. The van der Waals surface area contributed by atoms with Crippen LogP contribution in [0.25, 0.3) is 0 Å². The standard InChI is InChI=1S/C22H23Cl2NO4/c1-22(2,3)29-18(26)12-17-21(27)25-19(13-7-9-15(23)10-8-13)20(28-17)14-5-4-6-16(24)11-14/h4-11,17,19-20H,12H2,1-3H3,(H,25,27)/t17-,19-,20+/m1/s1. The molecular weight excluding hydrogens is 413 g/mol. The van der Waals surface area contributed by atoms with Gasteiger partial charge in [0.15, 0.2) is 0 Å². The fourth-order valence-corrected chi connectivity index (χ4v) is 3.52. The van der Waals surface area contributed by atoms with Crippen molar-refractivity contribution in [2.75, 3.05) is 0 Å². The van der Waals surface area contributed by atoms with E-state index in [0.717, 1.165) is 11.1 Å². The Morgan fingerprint density at radius 3 is 2.38 bits per heavy atom. The third-order valence-corrected chi connectivity index (χ3v) is 4.87. The van der Waals surface area contributed by atoms with Crippen LogP contribution in [0.1, 0.15) is 50.5 Å². The van der Waals surface area contributed by atoms with Gasteiger partial charge in [0.2, 0.25) is 5.91 Å². The molecule has 29 heavy (non-hydrogen) atoms. The first-order chi connectivity index (χ1) is 13.6. The fraction of sp³-hybridized carbons (Fsp3) is 0.364. The van der Waals surface area contributed by atoms with Crippen LogP contribution in [0.15, 0.2) is 48.5 Å². The first-order valence-corrected chi connectivity index (χ1v) is 10.1. The van der Waals surface area contributed by atoms with Crippen molar-refractivity contribution in [3.63, 3.8) is 0 Å². The molecule has 0 spiro atoms. The van der Waals surface area contributed by atoms with Crippen molar-refractivity contribution in [2.45, 2.75) is 51.0 Å². The minimum atomic E-state index is -0.961. The van der Waals surface area contributed by atoms with Gasteiger partial charge in [-0.3, -0.25) is 9.59 Å². The van der Waals surface area contributed by atoms with Gasteiger partial charge in [-0.05, 0) is 56.2 Å². The number of hydrogen-bond acceptors (Lipinski definition) is 4. The van der Waals surface area contributed by atoms with Gasteiger partial charge in [-0.15, -0.1) is 0 Å². The Kier molecular flexibility index (Phi) is 6.52. The lowest BCUT2D eigenvalue weighted by atomic mass is 9.93. The van der Waals surface area contributed by atoms with E-state index in [-0.39, 0.29) is 12.3 Å². The second-order valence-corrected chi connectivity index (χ2v) is 8.80. The molecule has 1 amide bonds. The Hall–Kier alpha value is -2.08. The SMILES string of the molecule is CC(C)(C)OC(=O)C[C@H]1O[C@@H](c2cccc(Cl)c2)[C@@H](c2ccc(Cl)cc2)NC1=O. The van der Waals surface area contributed by atoms with Gasteiger partial charge in [-0.2, -0.15) is 0 Å². The number of hydrogen-bond donors (Lipinski definition) is 1. The van der Waals surface area contributed by atoms with E-state index >= 15 is 0 Å². The monoisotopic (exact) mass is 435 g/mol. The number of benzene rings is 2. The topological polar surface area (TPSA) is 64.6 Å². The van der Waals surface area contributed by atoms with Gasteiger partial charge in [0.1, 0.15) is 17.8 Å². The summed E-state index contributed by atoms with van der Waals surface area (Å²) in [5, 5.41) is 4.13. The highest BCUT2D eigenvalue weighted by Gasteiger charge is 2.39. The number of carbonyl (C=O) groups excluding carboxylic acids is 2.